The fraction of sp³-hybridized carbons (Fsp3) is 0.368. The molecule has 6 aromatic rings. The summed E-state index contributed by atoms with van der Waals surface area (Å²) in [5.74, 6) is 5.42. The molecule has 73 heavy (non-hydrogen) atoms. The molecule has 0 amide bonds. The molecule has 16 bridgehead atoms. The van der Waals surface area contributed by atoms with Crippen LogP contribution in [-0.2, 0) is 38.9 Å². The van der Waals surface area contributed by atoms with Crippen molar-refractivity contribution in [2.45, 2.75) is 38.9 Å². The zero-order valence-electron chi connectivity index (χ0n) is 41.6. The Labute approximate surface area is 443 Å². The normalized spacial score (nSPS) is 16.4. The minimum atomic E-state index is 0.248. The number of ether oxygens (including phenoxy) is 9. The molecule has 0 aromatic heterocycles. The van der Waals surface area contributed by atoms with Crippen LogP contribution in [0.3, 0.4) is 0 Å². The van der Waals surface area contributed by atoms with Gasteiger partial charge in [0, 0.05) is 94.9 Å². The average Bonchev–Trinajstić information content (AvgIpc) is 3.46. The predicted molar refractivity (Wildman–Crippen MR) is 286 cm³/mol. The predicted octanol–water partition coefficient (Wildman–Crippen LogP) is 9.73. The van der Waals surface area contributed by atoms with Crippen molar-refractivity contribution in [2.24, 2.45) is 0 Å². The van der Waals surface area contributed by atoms with E-state index < -0.39 is 0 Å². The summed E-state index contributed by atoms with van der Waals surface area (Å²) in [6.45, 7) is 7.84. The second-order valence-corrected chi connectivity index (χ2v) is 19.0. The maximum Gasteiger partial charge on any atom is 0.164 e. The zero-order chi connectivity index (χ0) is 50.5. The van der Waals surface area contributed by atoms with Crippen molar-refractivity contribution in [3.8, 4) is 51.7 Å². The van der Waals surface area contributed by atoms with Gasteiger partial charge < -0.3 is 58.6 Å². The molecule has 0 unspecified atom stereocenters. The molecule has 0 spiro atoms. The highest BCUT2D eigenvalue weighted by Gasteiger charge is 2.27. The first-order valence-electron chi connectivity index (χ1n) is 24.8. The number of hydrogen-bond acceptors (Lipinski definition) is 13. The fourth-order valence-corrected chi connectivity index (χ4v) is 10.4. The van der Waals surface area contributed by atoms with Crippen molar-refractivity contribution < 1.29 is 42.6 Å². The first kappa shape index (κ1) is 52.1. The van der Waals surface area contributed by atoms with Crippen LogP contribution in [0, 0.1) is 0 Å². The maximum atomic E-state index is 6.99. The van der Waals surface area contributed by atoms with E-state index in [0.29, 0.717) is 106 Å². The second kappa shape index (κ2) is 25.4. The Morgan fingerprint density at radius 3 is 0.945 bits per heavy atom. The molecule has 6 heterocycles. The molecule has 13 rings (SSSR count). The summed E-state index contributed by atoms with van der Waals surface area (Å²) in [6, 6.07) is 29.8. The van der Waals surface area contributed by atoms with Gasteiger partial charge in [0.15, 0.2) is 34.5 Å². The second-order valence-electron chi connectivity index (χ2n) is 17.9. The molecule has 1 aliphatic carbocycles. The Hall–Kier alpha value is -5.77. The lowest BCUT2D eigenvalue weighted by Gasteiger charge is -2.23. The standard InChI is InChI=1S/C57H63Cl3N4O9/c1-65-55-43-31-38-14-17-50-57(67-3)45(38)33-39-15-18-51-56(66-2)44(39)32-37(43)13-16-49(55)71-28-25-68-46-10-4-7-40(52(46)58)34-61-19-22-64(23-20-62-35-41-8-5-11-47(53(41)59)69-26-29-72-50)24-21-63-36-42-9-6-12-48(54(42)60)70-27-30-73-51/h4-18,61-63H,19-36H2,1-3H3. The van der Waals surface area contributed by atoms with Crippen LogP contribution >= 0.6 is 34.8 Å². The SMILES string of the molecule is COc1c2ccc3c1Cc1ccc4c(OC)c1Cc1ccc(c(OC)c1C3)OCCOc1cccc(c1Cl)CNCCN(CCNCc1cccc(c1Cl)OCCO2)CCNCc1cccc(c1Cl)OCCO4. The molecule has 0 fully saturated rings. The first-order valence-corrected chi connectivity index (χ1v) is 26.0. The van der Waals surface area contributed by atoms with Gasteiger partial charge in [-0.15, -0.1) is 0 Å². The number of rotatable bonds is 3. The van der Waals surface area contributed by atoms with Gasteiger partial charge in [-0.2, -0.15) is 0 Å². The summed E-state index contributed by atoms with van der Waals surface area (Å²) in [4.78, 5) is 2.42. The Morgan fingerprint density at radius 1 is 0.370 bits per heavy atom. The summed E-state index contributed by atoms with van der Waals surface area (Å²) in [5.41, 5.74) is 8.82. The third kappa shape index (κ3) is 12.6. The molecule has 0 saturated heterocycles. The smallest absolute Gasteiger partial charge is 0.164 e. The lowest BCUT2D eigenvalue weighted by atomic mass is 9.93. The van der Waals surface area contributed by atoms with E-state index in [4.69, 9.17) is 77.4 Å². The number of benzene rings is 6. The van der Waals surface area contributed by atoms with E-state index >= 15 is 0 Å². The van der Waals surface area contributed by atoms with Gasteiger partial charge in [0.25, 0.3) is 0 Å². The number of nitrogens with zero attached hydrogens (tertiary/aromatic N) is 1. The van der Waals surface area contributed by atoms with Crippen LogP contribution in [-0.4, -0.2) is 105 Å². The lowest BCUT2D eigenvalue weighted by molar-refractivity contribution is 0.210. The number of nitrogens with one attached hydrogen (secondary N) is 3. The summed E-state index contributed by atoms with van der Waals surface area (Å²) >= 11 is 21.0. The third-order valence-electron chi connectivity index (χ3n) is 13.4. The van der Waals surface area contributed by atoms with Crippen LogP contribution in [0.1, 0.15) is 50.1 Å². The zero-order valence-corrected chi connectivity index (χ0v) is 43.9. The summed E-state index contributed by atoms with van der Waals surface area (Å²) in [7, 11) is 5.02. The Balaban J connectivity index is 1.12. The number of methoxy groups -OCH3 is 3. The highest BCUT2D eigenvalue weighted by Crippen LogP contribution is 2.45. The largest absolute Gasteiger partial charge is 0.493 e. The van der Waals surface area contributed by atoms with E-state index in [1.165, 1.54) is 0 Å². The van der Waals surface area contributed by atoms with Crippen molar-refractivity contribution in [1.82, 2.24) is 20.9 Å². The Bertz CT molecular complexity index is 2550. The molecular weight excluding hydrogens is 991 g/mol. The van der Waals surface area contributed by atoms with E-state index in [-0.39, 0.29) is 39.6 Å². The molecule has 386 valence electrons. The number of fused-ring (bicyclic) bond motifs is 3. The van der Waals surface area contributed by atoms with Gasteiger partial charge in [-0.1, -0.05) is 89.4 Å². The van der Waals surface area contributed by atoms with Crippen LogP contribution in [0.15, 0.2) is 91.0 Å². The van der Waals surface area contributed by atoms with E-state index in [0.717, 1.165) is 89.3 Å². The topological polar surface area (TPSA) is 122 Å². The van der Waals surface area contributed by atoms with Crippen molar-refractivity contribution in [1.29, 1.82) is 0 Å². The van der Waals surface area contributed by atoms with Gasteiger partial charge in [-0.3, -0.25) is 4.90 Å². The molecule has 3 N–H and O–H groups in total. The van der Waals surface area contributed by atoms with Crippen molar-refractivity contribution in [3.05, 3.63) is 156 Å². The molecule has 13 nitrogen and oxygen atoms in total. The summed E-state index contributed by atoms with van der Waals surface area (Å²) in [5, 5.41) is 12.5. The first-order chi connectivity index (χ1) is 35.8. The van der Waals surface area contributed by atoms with E-state index in [1.54, 1.807) is 21.3 Å². The summed E-state index contributed by atoms with van der Waals surface area (Å²) in [6.07, 6.45) is 1.53. The van der Waals surface area contributed by atoms with E-state index in [2.05, 4.69) is 39.0 Å². The monoisotopic (exact) mass is 1050 g/mol. The molecule has 16 heteroatoms. The van der Waals surface area contributed by atoms with Crippen LogP contribution in [0.5, 0.6) is 51.7 Å². The summed E-state index contributed by atoms with van der Waals surface area (Å²) < 4.78 is 57.0. The highest BCUT2D eigenvalue weighted by molar-refractivity contribution is 6.33. The fourth-order valence-electron chi connectivity index (χ4n) is 9.64. The van der Waals surface area contributed by atoms with Crippen molar-refractivity contribution >= 4 is 34.8 Å². The van der Waals surface area contributed by atoms with Gasteiger partial charge in [-0.05, 0) is 69.8 Å². The van der Waals surface area contributed by atoms with Gasteiger partial charge in [0.1, 0.15) is 56.9 Å². The van der Waals surface area contributed by atoms with Gasteiger partial charge in [0.2, 0.25) is 0 Å². The van der Waals surface area contributed by atoms with Crippen molar-refractivity contribution in [2.75, 3.05) is 100 Å². The minimum absolute atomic E-state index is 0.248. The molecule has 6 aliphatic heterocycles. The molecular formula is C57H63Cl3N4O9. The maximum absolute atomic E-state index is 6.99. The van der Waals surface area contributed by atoms with E-state index in [9.17, 15) is 0 Å². The minimum Gasteiger partial charge on any atom is -0.493 e. The average molecular weight is 1050 g/mol. The molecule has 7 aliphatic rings. The third-order valence-corrected chi connectivity index (χ3v) is 14.7. The molecule has 0 radical (unpaired) electrons. The Kier molecular flexibility index (Phi) is 18.2. The molecule has 0 atom stereocenters. The van der Waals surface area contributed by atoms with Crippen LogP contribution < -0.4 is 58.6 Å². The molecule has 0 saturated carbocycles. The van der Waals surface area contributed by atoms with Crippen molar-refractivity contribution in [3.63, 3.8) is 0 Å². The van der Waals surface area contributed by atoms with Gasteiger partial charge in [-0.25, -0.2) is 0 Å². The highest BCUT2D eigenvalue weighted by atomic mass is 35.5. The van der Waals surface area contributed by atoms with Crippen LogP contribution in [0.4, 0.5) is 0 Å². The Morgan fingerprint density at radius 2 is 0.658 bits per heavy atom. The quantitative estimate of drug-likeness (QED) is 0.156. The number of hydrogen-bond donors (Lipinski definition) is 3. The van der Waals surface area contributed by atoms with Crippen LogP contribution in [0.2, 0.25) is 15.1 Å². The van der Waals surface area contributed by atoms with Gasteiger partial charge in [0.05, 0.1) is 36.4 Å². The van der Waals surface area contributed by atoms with Crippen LogP contribution in [0.25, 0.3) is 0 Å². The molecule has 6 aromatic carbocycles. The number of halogens is 3. The van der Waals surface area contributed by atoms with E-state index in [1.807, 2.05) is 72.8 Å². The van der Waals surface area contributed by atoms with Gasteiger partial charge >= 0.3 is 0 Å². The lowest BCUT2D eigenvalue weighted by Crippen LogP contribution is -2.40.